The quantitative estimate of drug-likeness (QED) is 0.845. The third-order valence-corrected chi connectivity index (χ3v) is 4.42. The van der Waals surface area contributed by atoms with Crippen LogP contribution in [0.5, 0.6) is 5.75 Å². The Kier molecular flexibility index (Phi) is 4.42. The van der Waals surface area contributed by atoms with Crippen molar-refractivity contribution in [3.63, 3.8) is 0 Å². The molecule has 0 fully saturated rings. The summed E-state index contributed by atoms with van der Waals surface area (Å²) in [5.74, 6) is 1.65. The zero-order chi connectivity index (χ0) is 12.1. The minimum atomic E-state index is -0.0416. The van der Waals surface area contributed by atoms with Crippen LogP contribution in [0.25, 0.3) is 0 Å². The first-order valence-electron chi connectivity index (χ1n) is 5.22. The lowest BCUT2D eigenvalue weighted by Crippen LogP contribution is -2.14. The average molecular weight is 266 g/mol. The summed E-state index contributed by atoms with van der Waals surface area (Å²) in [6, 6.07) is 7.82. The minimum absolute atomic E-state index is 0.0416. The van der Waals surface area contributed by atoms with Gasteiger partial charge < -0.3 is 10.5 Å². The summed E-state index contributed by atoms with van der Waals surface area (Å²) in [5, 5.41) is 1.97. The van der Waals surface area contributed by atoms with Gasteiger partial charge in [-0.05, 0) is 6.07 Å². The number of benzene rings is 1. The van der Waals surface area contributed by atoms with E-state index in [4.69, 9.17) is 10.5 Å². The van der Waals surface area contributed by atoms with Crippen LogP contribution in [0.15, 0.2) is 40.2 Å². The third-order valence-electron chi connectivity index (χ3n) is 2.33. The highest BCUT2D eigenvalue weighted by atomic mass is 32.2. The molecular weight excluding hydrogens is 252 g/mol. The maximum Gasteiger partial charge on any atom is 0.149 e. The smallest absolute Gasteiger partial charge is 0.149 e. The van der Waals surface area contributed by atoms with Crippen molar-refractivity contribution in [3.05, 3.63) is 41.4 Å². The van der Waals surface area contributed by atoms with Gasteiger partial charge in [-0.25, -0.2) is 4.98 Å². The van der Waals surface area contributed by atoms with Gasteiger partial charge in [0.1, 0.15) is 10.1 Å². The number of thioether (sulfide) groups is 1. The van der Waals surface area contributed by atoms with E-state index in [1.165, 1.54) is 0 Å². The van der Waals surface area contributed by atoms with Crippen LogP contribution in [0.4, 0.5) is 0 Å². The van der Waals surface area contributed by atoms with Gasteiger partial charge in [-0.2, -0.15) is 0 Å². The van der Waals surface area contributed by atoms with Crippen molar-refractivity contribution >= 4 is 23.1 Å². The summed E-state index contributed by atoms with van der Waals surface area (Å²) in [6.07, 6.45) is 1.81. The molecule has 17 heavy (non-hydrogen) atoms. The summed E-state index contributed by atoms with van der Waals surface area (Å²) >= 11 is 3.31. The molecule has 1 atom stereocenters. The van der Waals surface area contributed by atoms with Crippen LogP contribution in [-0.2, 0) is 0 Å². The Hall–Kier alpha value is -1.04. The highest BCUT2D eigenvalue weighted by Gasteiger charge is 2.12. The number of methoxy groups -OCH3 is 1. The van der Waals surface area contributed by atoms with Crippen molar-refractivity contribution in [2.24, 2.45) is 5.73 Å². The fraction of sp³-hybridized carbons (Fsp3) is 0.250. The van der Waals surface area contributed by atoms with Crippen molar-refractivity contribution in [3.8, 4) is 5.75 Å². The van der Waals surface area contributed by atoms with E-state index in [9.17, 15) is 0 Å². The van der Waals surface area contributed by atoms with Crippen LogP contribution < -0.4 is 10.5 Å². The van der Waals surface area contributed by atoms with Crippen LogP contribution in [-0.4, -0.2) is 17.8 Å². The van der Waals surface area contributed by atoms with Gasteiger partial charge in [0.15, 0.2) is 0 Å². The summed E-state index contributed by atoms with van der Waals surface area (Å²) in [5.41, 5.74) is 7.20. The summed E-state index contributed by atoms with van der Waals surface area (Å²) in [4.78, 5) is 4.22. The molecule has 0 aliphatic carbocycles. The van der Waals surface area contributed by atoms with Crippen molar-refractivity contribution < 1.29 is 4.74 Å². The second-order valence-corrected chi connectivity index (χ2v) is 5.62. The summed E-state index contributed by atoms with van der Waals surface area (Å²) in [6.45, 7) is 0. The lowest BCUT2D eigenvalue weighted by molar-refractivity contribution is 0.407. The molecule has 2 aromatic rings. The molecule has 1 aromatic heterocycles. The van der Waals surface area contributed by atoms with Crippen LogP contribution >= 0.6 is 23.1 Å². The Balaban J connectivity index is 2.01. The molecule has 1 heterocycles. The molecule has 0 amide bonds. The van der Waals surface area contributed by atoms with Gasteiger partial charge in [0.25, 0.3) is 0 Å². The Bertz CT molecular complexity index is 459. The molecule has 3 nitrogen and oxygen atoms in total. The van der Waals surface area contributed by atoms with Crippen molar-refractivity contribution in [2.45, 2.75) is 10.4 Å². The molecule has 1 unspecified atom stereocenters. The van der Waals surface area contributed by atoms with E-state index < -0.39 is 0 Å². The largest absolute Gasteiger partial charge is 0.496 e. The molecule has 1 aromatic carbocycles. The average Bonchev–Trinajstić information content (AvgIpc) is 2.89. The van der Waals surface area contributed by atoms with Gasteiger partial charge >= 0.3 is 0 Å². The molecule has 2 rings (SSSR count). The first-order valence-corrected chi connectivity index (χ1v) is 7.08. The third kappa shape index (κ3) is 3.21. The van der Waals surface area contributed by atoms with Gasteiger partial charge in [-0.15, -0.1) is 11.3 Å². The molecule has 0 aliphatic rings. The number of para-hydroxylation sites is 1. The van der Waals surface area contributed by atoms with Gasteiger partial charge in [0.2, 0.25) is 0 Å². The number of hydrogen-bond acceptors (Lipinski definition) is 5. The van der Waals surface area contributed by atoms with E-state index in [2.05, 4.69) is 4.98 Å². The number of nitrogens with two attached hydrogens (primary N) is 1. The number of ether oxygens (including phenoxy) is 1. The maximum absolute atomic E-state index is 6.16. The van der Waals surface area contributed by atoms with E-state index in [1.54, 1.807) is 30.2 Å². The van der Waals surface area contributed by atoms with E-state index in [-0.39, 0.29) is 6.04 Å². The molecule has 2 N–H and O–H groups in total. The zero-order valence-electron chi connectivity index (χ0n) is 9.50. The lowest BCUT2D eigenvalue weighted by Gasteiger charge is -2.14. The van der Waals surface area contributed by atoms with Gasteiger partial charge in [-0.1, -0.05) is 30.0 Å². The van der Waals surface area contributed by atoms with Crippen molar-refractivity contribution in [1.29, 1.82) is 0 Å². The van der Waals surface area contributed by atoms with Crippen LogP contribution in [0, 0.1) is 0 Å². The van der Waals surface area contributed by atoms with Crippen molar-refractivity contribution in [2.75, 3.05) is 12.9 Å². The number of nitrogens with zero attached hydrogens (tertiary/aromatic N) is 1. The van der Waals surface area contributed by atoms with E-state index in [1.807, 2.05) is 35.8 Å². The van der Waals surface area contributed by atoms with Gasteiger partial charge in [0.05, 0.1) is 7.11 Å². The number of hydrogen-bond donors (Lipinski definition) is 1. The van der Waals surface area contributed by atoms with Crippen molar-refractivity contribution in [1.82, 2.24) is 4.98 Å². The number of rotatable bonds is 5. The highest BCUT2D eigenvalue weighted by molar-refractivity contribution is 8.01. The lowest BCUT2D eigenvalue weighted by atomic mass is 10.1. The standard InChI is InChI=1S/C12H14N2OS2/c1-15-11-5-3-2-4-9(11)10(13)8-17-12-14-6-7-16-12/h2-7,10H,8,13H2,1H3. The SMILES string of the molecule is COc1ccccc1C(N)CSc1nccs1. The normalized spacial score (nSPS) is 12.4. The van der Waals surface area contributed by atoms with Crippen LogP contribution in [0.1, 0.15) is 11.6 Å². The molecule has 90 valence electrons. The number of thiazole rings is 1. The molecular formula is C12H14N2OS2. The topological polar surface area (TPSA) is 48.1 Å². The molecule has 0 spiro atoms. The van der Waals surface area contributed by atoms with E-state index in [0.717, 1.165) is 21.4 Å². The Morgan fingerprint density at radius 1 is 1.47 bits per heavy atom. The Morgan fingerprint density at radius 3 is 3.00 bits per heavy atom. The Morgan fingerprint density at radius 2 is 2.29 bits per heavy atom. The van der Waals surface area contributed by atoms with Gasteiger partial charge in [0, 0.05) is 28.9 Å². The first-order chi connectivity index (χ1) is 8.31. The fourth-order valence-electron chi connectivity index (χ4n) is 1.51. The maximum atomic E-state index is 6.16. The summed E-state index contributed by atoms with van der Waals surface area (Å²) in [7, 11) is 1.67. The van der Waals surface area contributed by atoms with Crippen LogP contribution in [0.2, 0.25) is 0 Å². The highest BCUT2D eigenvalue weighted by Crippen LogP contribution is 2.29. The molecule has 0 saturated carbocycles. The van der Waals surface area contributed by atoms with E-state index in [0.29, 0.717) is 0 Å². The molecule has 0 saturated heterocycles. The monoisotopic (exact) mass is 266 g/mol. The second-order valence-electron chi connectivity index (χ2n) is 3.46. The summed E-state index contributed by atoms with van der Waals surface area (Å²) < 4.78 is 6.35. The number of aromatic nitrogens is 1. The molecule has 0 bridgehead atoms. The van der Waals surface area contributed by atoms with Crippen LogP contribution in [0.3, 0.4) is 0 Å². The first kappa shape index (κ1) is 12.4. The molecule has 0 radical (unpaired) electrons. The van der Waals surface area contributed by atoms with E-state index >= 15 is 0 Å². The fourth-order valence-corrected chi connectivity index (χ4v) is 3.15. The molecule has 0 aliphatic heterocycles. The van der Waals surface area contributed by atoms with Gasteiger partial charge in [-0.3, -0.25) is 0 Å². The zero-order valence-corrected chi connectivity index (χ0v) is 11.1. The minimum Gasteiger partial charge on any atom is -0.496 e. The second kappa shape index (κ2) is 6.05. The predicted octanol–water partition coefficient (Wildman–Crippen LogP) is 2.94. The Labute approximate surface area is 109 Å². The molecule has 5 heteroatoms. The predicted molar refractivity (Wildman–Crippen MR) is 72.8 cm³/mol.